The summed E-state index contributed by atoms with van der Waals surface area (Å²) < 4.78 is 0. The number of rotatable bonds is 8. The first-order chi connectivity index (χ1) is 5.81. The summed E-state index contributed by atoms with van der Waals surface area (Å²) in [5, 5.41) is 0. The van der Waals surface area contributed by atoms with Crippen LogP contribution in [0, 0.1) is 12.8 Å². The summed E-state index contributed by atoms with van der Waals surface area (Å²) in [4.78, 5) is 0. The second-order valence-corrected chi connectivity index (χ2v) is 3.86. The predicted molar refractivity (Wildman–Crippen MR) is 57.1 cm³/mol. The van der Waals surface area contributed by atoms with E-state index in [2.05, 4.69) is 20.8 Å². The Kier molecular flexibility index (Phi) is 15.6. The Morgan fingerprint density at radius 2 is 1.38 bits per heavy atom. The van der Waals surface area contributed by atoms with E-state index in [1.807, 2.05) is 0 Å². The molecule has 0 rings (SSSR count). The van der Waals surface area contributed by atoms with E-state index >= 15 is 0 Å². The Morgan fingerprint density at radius 3 is 1.92 bits per heavy atom. The van der Waals surface area contributed by atoms with E-state index in [9.17, 15) is 0 Å². The van der Waals surface area contributed by atoms with Crippen molar-refractivity contribution in [3.8, 4) is 0 Å². The van der Waals surface area contributed by atoms with Crippen LogP contribution in [0.2, 0.25) is 0 Å². The molecule has 0 nitrogen and oxygen atoms in total. The molecule has 13 heavy (non-hydrogen) atoms. The van der Waals surface area contributed by atoms with Crippen molar-refractivity contribution in [1.29, 1.82) is 0 Å². The van der Waals surface area contributed by atoms with Crippen LogP contribution in [-0.4, -0.2) is 0 Å². The summed E-state index contributed by atoms with van der Waals surface area (Å²) in [7, 11) is 0. The number of unbranched alkanes of at least 4 members (excludes halogenated alkanes) is 4. The maximum absolute atomic E-state index is 4.17. The molecule has 0 aromatic heterocycles. The zero-order valence-electron chi connectivity index (χ0n) is 9.65. The van der Waals surface area contributed by atoms with E-state index in [1.165, 1.54) is 51.4 Å². The number of hydrogen-bond acceptors (Lipinski definition) is 0. The molecular formula is C12H25Zn-. The number of hydrogen-bond donors (Lipinski definition) is 0. The van der Waals surface area contributed by atoms with Gasteiger partial charge in [0.2, 0.25) is 0 Å². The van der Waals surface area contributed by atoms with Crippen molar-refractivity contribution in [2.45, 2.75) is 65.2 Å². The third-order valence-electron chi connectivity index (χ3n) is 2.43. The van der Waals surface area contributed by atoms with Crippen molar-refractivity contribution in [2.75, 3.05) is 0 Å². The van der Waals surface area contributed by atoms with Gasteiger partial charge in [-0.1, -0.05) is 65.2 Å². The van der Waals surface area contributed by atoms with Crippen LogP contribution in [0.15, 0.2) is 0 Å². The molecule has 0 fully saturated rings. The Labute approximate surface area is 97.6 Å². The maximum Gasteiger partial charge on any atom is 0 e. The molecule has 0 amide bonds. The van der Waals surface area contributed by atoms with Crippen molar-refractivity contribution >= 4 is 0 Å². The van der Waals surface area contributed by atoms with Gasteiger partial charge in [-0.25, -0.2) is 0 Å². The average Bonchev–Trinajstić information content (AvgIpc) is 2.09. The summed E-state index contributed by atoms with van der Waals surface area (Å²) in [6, 6.07) is 0. The van der Waals surface area contributed by atoms with E-state index in [-0.39, 0.29) is 19.5 Å². The van der Waals surface area contributed by atoms with E-state index < -0.39 is 0 Å². The zero-order chi connectivity index (χ0) is 9.23. The van der Waals surface area contributed by atoms with Crippen molar-refractivity contribution in [3.63, 3.8) is 0 Å². The van der Waals surface area contributed by atoms with Crippen molar-refractivity contribution in [1.82, 2.24) is 0 Å². The molecular weight excluding hydrogens is 210 g/mol. The average molecular weight is 235 g/mol. The van der Waals surface area contributed by atoms with Crippen LogP contribution in [0.4, 0.5) is 0 Å². The largest absolute Gasteiger partial charge is 0.340 e. The van der Waals surface area contributed by atoms with E-state index in [0.717, 1.165) is 5.92 Å². The molecule has 0 radical (unpaired) electrons. The van der Waals surface area contributed by atoms with Gasteiger partial charge >= 0.3 is 0 Å². The van der Waals surface area contributed by atoms with Gasteiger partial charge in [0.15, 0.2) is 0 Å². The van der Waals surface area contributed by atoms with Crippen LogP contribution in [0.5, 0.6) is 0 Å². The molecule has 0 aliphatic carbocycles. The molecule has 1 heteroatoms. The van der Waals surface area contributed by atoms with Crippen molar-refractivity contribution in [3.05, 3.63) is 6.92 Å². The Hall–Kier alpha value is 0.623. The quantitative estimate of drug-likeness (QED) is 0.327. The summed E-state index contributed by atoms with van der Waals surface area (Å²) in [6.45, 7) is 8.69. The van der Waals surface area contributed by atoms with E-state index in [4.69, 9.17) is 0 Å². The smallest absolute Gasteiger partial charge is 0 e. The minimum absolute atomic E-state index is 0. The molecule has 0 saturated heterocycles. The van der Waals surface area contributed by atoms with Gasteiger partial charge in [0, 0.05) is 19.5 Å². The fraction of sp³-hybridized carbons (Fsp3) is 0.917. The standard InChI is InChI=1S/C12H25.Zn/c1-4-6-8-9-11-12(3)10-7-5-2;/h12H,3-11H2,1-2H3;/q-1;. The SMILES string of the molecule is [CH2-]C(CCCC)CCCCCC.[Zn]. The van der Waals surface area contributed by atoms with Gasteiger partial charge in [-0.05, 0) is 0 Å². The molecule has 0 spiro atoms. The zero-order valence-corrected chi connectivity index (χ0v) is 12.6. The second kappa shape index (κ2) is 12.6. The van der Waals surface area contributed by atoms with Crippen LogP contribution < -0.4 is 0 Å². The normalized spacial score (nSPS) is 12.2. The molecule has 0 aliphatic heterocycles. The molecule has 0 saturated carbocycles. The Morgan fingerprint density at radius 1 is 0.846 bits per heavy atom. The topological polar surface area (TPSA) is 0 Å². The molecule has 0 heterocycles. The first kappa shape index (κ1) is 16.1. The molecule has 1 atom stereocenters. The van der Waals surface area contributed by atoms with Crippen LogP contribution in [0.3, 0.4) is 0 Å². The molecule has 1 unspecified atom stereocenters. The molecule has 0 aliphatic rings. The van der Waals surface area contributed by atoms with Crippen LogP contribution in [-0.2, 0) is 19.5 Å². The van der Waals surface area contributed by atoms with Gasteiger partial charge < -0.3 is 6.92 Å². The Balaban J connectivity index is 0. The summed E-state index contributed by atoms with van der Waals surface area (Å²) >= 11 is 0. The van der Waals surface area contributed by atoms with Gasteiger partial charge in [0.1, 0.15) is 0 Å². The second-order valence-electron chi connectivity index (χ2n) is 3.86. The first-order valence-corrected chi connectivity index (χ1v) is 5.64. The van der Waals surface area contributed by atoms with Crippen molar-refractivity contribution < 1.29 is 19.5 Å². The molecule has 0 bridgehead atoms. The third kappa shape index (κ3) is 12.6. The van der Waals surface area contributed by atoms with Crippen LogP contribution in [0.25, 0.3) is 0 Å². The predicted octanol–water partition coefficient (Wildman–Crippen LogP) is 4.59. The van der Waals surface area contributed by atoms with Crippen LogP contribution in [0.1, 0.15) is 65.2 Å². The first-order valence-electron chi connectivity index (χ1n) is 5.64. The van der Waals surface area contributed by atoms with Gasteiger partial charge in [0.05, 0.1) is 0 Å². The molecule has 76 valence electrons. The third-order valence-corrected chi connectivity index (χ3v) is 2.43. The minimum atomic E-state index is 0. The van der Waals surface area contributed by atoms with Gasteiger partial charge in [0.25, 0.3) is 0 Å². The summed E-state index contributed by atoms with van der Waals surface area (Å²) in [5.41, 5.74) is 0. The van der Waals surface area contributed by atoms with E-state index in [1.54, 1.807) is 0 Å². The maximum atomic E-state index is 4.17. The van der Waals surface area contributed by atoms with E-state index in [0.29, 0.717) is 0 Å². The van der Waals surface area contributed by atoms with Gasteiger partial charge in [-0.2, -0.15) is 5.92 Å². The fourth-order valence-corrected chi connectivity index (χ4v) is 1.50. The summed E-state index contributed by atoms with van der Waals surface area (Å²) in [6.07, 6.45) is 10.9. The monoisotopic (exact) mass is 233 g/mol. The molecule has 0 aromatic carbocycles. The Bertz CT molecular complexity index is 81.2. The molecule has 0 aromatic rings. The van der Waals surface area contributed by atoms with Crippen LogP contribution >= 0.6 is 0 Å². The fourth-order valence-electron chi connectivity index (χ4n) is 1.50. The minimum Gasteiger partial charge on any atom is -0.340 e. The van der Waals surface area contributed by atoms with Gasteiger partial charge in [-0.15, -0.1) is 0 Å². The molecule has 0 N–H and O–H groups in total. The van der Waals surface area contributed by atoms with Crippen molar-refractivity contribution in [2.24, 2.45) is 5.92 Å². The van der Waals surface area contributed by atoms with Gasteiger partial charge in [-0.3, -0.25) is 0 Å². The summed E-state index contributed by atoms with van der Waals surface area (Å²) in [5.74, 6) is 0.724.